The molecule has 0 bridgehead atoms. The van der Waals surface area contributed by atoms with Gasteiger partial charge < -0.3 is 15.0 Å². The number of piperidine rings is 1. The van der Waals surface area contributed by atoms with Crippen molar-refractivity contribution in [2.45, 2.75) is 58.4 Å². The lowest BCUT2D eigenvalue weighted by Crippen LogP contribution is -2.51. The molecule has 1 fully saturated rings. The molecule has 0 aliphatic carbocycles. The Balaban J connectivity index is 1.77. The summed E-state index contributed by atoms with van der Waals surface area (Å²) in [6.45, 7) is 7.85. The quantitative estimate of drug-likeness (QED) is 0.729. The van der Waals surface area contributed by atoms with E-state index in [4.69, 9.17) is 4.74 Å². The SMILES string of the molecule is CCc1cc(Br)cc2cnc(N[C@H]3C[C@H](F)CN(C(=O)OC(C)(C)C)C3)nc12. The summed E-state index contributed by atoms with van der Waals surface area (Å²) in [5.41, 5.74) is 1.37. The number of aromatic nitrogens is 2. The number of rotatable bonds is 3. The van der Waals surface area contributed by atoms with Crippen LogP contribution in [0, 0.1) is 0 Å². The van der Waals surface area contributed by atoms with Crippen molar-refractivity contribution in [2.75, 3.05) is 18.4 Å². The number of anilines is 1. The molecule has 0 unspecified atom stereocenters. The van der Waals surface area contributed by atoms with Crippen LogP contribution < -0.4 is 5.32 Å². The minimum Gasteiger partial charge on any atom is -0.444 e. The largest absolute Gasteiger partial charge is 0.444 e. The van der Waals surface area contributed by atoms with Gasteiger partial charge in [0.05, 0.1) is 12.1 Å². The topological polar surface area (TPSA) is 67.4 Å². The zero-order valence-electron chi connectivity index (χ0n) is 16.6. The number of alkyl halides is 1. The number of likely N-dealkylation sites (tertiary alicyclic amines) is 1. The van der Waals surface area contributed by atoms with Crippen LogP contribution in [0.4, 0.5) is 15.1 Å². The average Bonchev–Trinajstić information content (AvgIpc) is 2.59. The van der Waals surface area contributed by atoms with E-state index in [2.05, 4.69) is 38.1 Å². The molecule has 1 saturated heterocycles. The van der Waals surface area contributed by atoms with Gasteiger partial charge in [0.1, 0.15) is 11.8 Å². The van der Waals surface area contributed by atoms with Crippen molar-refractivity contribution in [3.63, 3.8) is 0 Å². The van der Waals surface area contributed by atoms with Crippen LogP contribution >= 0.6 is 15.9 Å². The second-order valence-electron chi connectivity index (χ2n) is 8.11. The van der Waals surface area contributed by atoms with Crippen molar-refractivity contribution in [3.8, 4) is 0 Å². The van der Waals surface area contributed by atoms with Crippen molar-refractivity contribution in [3.05, 3.63) is 28.4 Å². The van der Waals surface area contributed by atoms with Gasteiger partial charge in [0.15, 0.2) is 0 Å². The number of hydrogen-bond acceptors (Lipinski definition) is 5. The molecular weight excluding hydrogens is 427 g/mol. The van der Waals surface area contributed by atoms with E-state index in [1.165, 1.54) is 4.90 Å². The van der Waals surface area contributed by atoms with Crippen LogP contribution in [0.3, 0.4) is 0 Å². The van der Waals surface area contributed by atoms with E-state index in [-0.39, 0.29) is 12.6 Å². The number of halogens is 2. The van der Waals surface area contributed by atoms with Gasteiger partial charge in [-0.05, 0) is 44.9 Å². The molecule has 1 aromatic heterocycles. The highest BCUT2D eigenvalue weighted by Crippen LogP contribution is 2.25. The Bertz CT molecular complexity index is 871. The van der Waals surface area contributed by atoms with Crippen LogP contribution in [0.2, 0.25) is 0 Å². The number of aryl methyl sites for hydroxylation is 1. The third-order valence-electron chi connectivity index (χ3n) is 4.49. The number of fused-ring (bicyclic) bond motifs is 1. The van der Waals surface area contributed by atoms with Gasteiger partial charge in [0.25, 0.3) is 0 Å². The molecule has 2 aromatic rings. The smallest absolute Gasteiger partial charge is 0.410 e. The molecule has 2 atom stereocenters. The maximum absolute atomic E-state index is 14.3. The molecule has 6 nitrogen and oxygen atoms in total. The Kier molecular flexibility index (Phi) is 6.07. The van der Waals surface area contributed by atoms with Crippen LogP contribution in [0.25, 0.3) is 10.9 Å². The Morgan fingerprint density at radius 1 is 1.39 bits per heavy atom. The standard InChI is InChI=1S/C20H26BrFN4O2/c1-5-12-6-14(21)7-13-9-23-18(25-17(12)13)24-16-8-15(22)10-26(11-16)19(27)28-20(2,3)4/h6-7,9,15-16H,5,8,10-11H2,1-4H3,(H,23,24,25)/t15-,16-/m0/s1. The van der Waals surface area contributed by atoms with Crippen LogP contribution in [0.1, 0.15) is 39.7 Å². The van der Waals surface area contributed by atoms with Gasteiger partial charge in [0.2, 0.25) is 5.95 Å². The summed E-state index contributed by atoms with van der Waals surface area (Å²) in [5.74, 6) is 0.438. The summed E-state index contributed by atoms with van der Waals surface area (Å²) in [4.78, 5) is 22.7. The average molecular weight is 453 g/mol. The minimum atomic E-state index is -1.12. The summed E-state index contributed by atoms with van der Waals surface area (Å²) >= 11 is 3.51. The first-order chi connectivity index (χ1) is 13.1. The Labute approximate surface area is 173 Å². The molecule has 28 heavy (non-hydrogen) atoms. The molecule has 152 valence electrons. The lowest BCUT2D eigenvalue weighted by molar-refractivity contribution is 0.0124. The van der Waals surface area contributed by atoms with Gasteiger partial charge >= 0.3 is 6.09 Å². The zero-order chi connectivity index (χ0) is 20.5. The number of nitrogens with zero attached hydrogens (tertiary/aromatic N) is 3. The Morgan fingerprint density at radius 3 is 2.82 bits per heavy atom. The molecule has 1 aliphatic rings. The summed E-state index contributed by atoms with van der Waals surface area (Å²) in [5, 5.41) is 4.14. The summed E-state index contributed by atoms with van der Waals surface area (Å²) in [6, 6.07) is 3.73. The number of carbonyl (C=O) groups is 1. The maximum Gasteiger partial charge on any atom is 0.410 e. The predicted molar refractivity (Wildman–Crippen MR) is 111 cm³/mol. The van der Waals surface area contributed by atoms with Crippen molar-refractivity contribution in [1.29, 1.82) is 0 Å². The zero-order valence-corrected chi connectivity index (χ0v) is 18.2. The fourth-order valence-corrected chi connectivity index (χ4v) is 3.84. The van der Waals surface area contributed by atoms with Gasteiger partial charge in [-0.15, -0.1) is 0 Å². The van der Waals surface area contributed by atoms with Crippen LogP contribution in [0.5, 0.6) is 0 Å². The third kappa shape index (κ3) is 5.10. The summed E-state index contributed by atoms with van der Waals surface area (Å²) in [6.07, 6.45) is 1.27. The van der Waals surface area contributed by atoms with E-state index >= 15 is 0 Å². The molecule has 8 heteroatoms. The highest BCUT2D eigenvalue weighted by atomic mass is 79.9. The molecule has 0 radical (unpaired) electrons. The lowest BCUT2D eigenvalue weighted by Gasteiger charge is -2.36. The van der Waals surface area contributed by atoms with E-state index in [0.717, 1.165) is 27.4 Å². The Morgan fingerprint density at radius 2 is 2.14 bits per heavy atom. The number of nitrogens with one attached hydrogen (secondary N) is 1. The number of carbonyl (C=O) groups excluding carboxylic acids is 1. The second kappa shape index (κ2) is 8.19. The van der Waals surface area contributed by atoms with Gasteiger partial charge in [-0.3, -0.25) is 0 Å². The monoisotopic (exact) mass is 452 g/mol. The van der Waals surface area contributed by atoms with E-state index in [1.54, 1.807) is 27.0 Å². The van der Waals surface area contributed by atoms with Gasteiger partial charge in [-0.2, -0.15) is 0 Å². The number of hydrogen-bond donors (Lipinski definition) is 1. The van der Waals surface area contributed by atoms with E-state index < -0.39 is 17.9 Å². The highest BCUT2D eigenvalue weighted by molar-refractivity contribution is 9.10. The van der Waals surface area contributed by atoms with E-state index in [1.807, 2.05) is 12.1 Å². The Hall–Kier alpha value is -1.96. The molecule has 0 saturated carbocycles. The van der Waals surface area contributed by atoms with E-state index in [0.29, 0.717) is 18.9 Å². The van der Waals surface area contributed by atoms with Gasteiger partial charge in [-0.25, -0.2) is 19.2 Å². The van der Waals surface area contributed by atoms with Crippen LogP contribution in [0.15, 0.2) is 22.8 Å². The van der Waals surface area contributed by atoms with Crippen molar-refractivity contribution in [2.24, 2.45) is 0 Å². The fraction of sp³-hybridized carbons (Fsp3) is 0.550. The van der Waals surface area contributed by atoms with Crippen molar-refractivity contribution in [1.82, 2.24) is 14.9 Å². The first kappa shape index (κ1) is 20.8. The number of amides is 1. The van der Waals surface area contributed by atoms with Crippen LogP contribution in [-0.4, -0.2) is 51.9 Å². The summed E-state index contributed by atoms with van der Waals surface area (Å²) < 4.78 is 20.6. The molecule has 2 heterocycles. The number of ether oxygens (including phenoxy) is 1. The molecule has 1 aromatic carbocycles. The summed E-state index contributed by atoms with van der Waals surface area (Å²) in [7, 11) is 0. The van der Waals surface area contributed by atoms with Gasteiger partial charge in [0, 0.05) is 35.1 Å². The number of benzene rings is 1. The van der Waals surface area contributed by atoms with Crippen LogP contribution in [-0.2, 0) is 11.2 Å². The minimum absolute atomic E-state index is 0.0413. The lowest BCUT2D eigenvalue weighted by atomic mass is 10.0. The third-order valence-corrected chi connectivity index (χ3v) is 4.95. The molecule has 3 rings (SSSR count). The molecular formula is C20H26BrFN4O2. The molecule has 1 amide bonds. The molecule has 1 N–H and O–H groups in total. The first-order valence-corrected chi connectivity index (χ1v) is 10.3. The van der Waals surface area contributed by atoms with E-state index in [9.17, 15) is 9.18 Å². The normalized spacial score (nSPS) is 20.3. The first-order valence-electron chi connectivity index (χ1n) is 9.48. The predicted octanol–water partition coefficient (Wildman–Crippen LogP) is 4.71. The fourth-order valence-electron chi connectivity index (χ4n) is 3.32. The molecule has 0 spiro atoms. The van der Waals surface area contributed by atoms with Gasteiger partial charge in [-0.1, -0.05) is 22.9 Å². The van der Waals surface area contributed by atoms with Crippen molar-refractivity contribution < 1.29 is 13.9 Å². The highest BCUT2D eigenvalue weighted by Gasteiger charge is 2.33. The van der Waals surface area contributed by atoms with Crippen molar-refractivity contribution >= 4 is 38.9 Å². The maximum atomic E-state index is 14.3. The molecule has 1 aliphatic heterocycles. The second-order valence-corrected chi connectivity index (χ2v) is 9.03.